The number of rotatable bonds is 3. The molecular formula is C27H18N4O3. The van der Waals surface area contributed by atoms with E-state index >= 15 is 0 Å². The fourth-order valence-corrected chi connectivity index (χ4v) is 4.50. The largest absolute Gasteiger partial charge is 0.507 e. The first-order valence-electron chi connectivity index (χ1n) is 10.8. The van der Waals surface area contributed by atoms with Gasteiger partial charge in [-0.15, -0.1) is 0 Å². The minimum absolute atomic E-state index is 0.0273. The lowest BCUT2D eigenvalue weighted by Crippen LogP contribution is -2.30. The van der Waals surface area contributed by atoms with Crippen molar-refractivity contribution in [3.8, 4) is 0 Å². The van der Waals surface area contributed by atoms with Crippen molar-refractivity contribution in [1.29, 1.82) is 0 Å². The molecule has 1 atom stereocenters. The van der Waals surface area contributed by atoms with Crippen LogP contribution in [0.2, 0.25) is 0 Å². The lowest BCUT2D eigenvalue weighted by molar-refractivity contribution is -0.132. The number of aromatic amines is 1. The zero-order valence-corrected chi connectivity index (χ0v) is 17.8. The molecule has 0 aliphatic carbocycles. The number of hydrogen-bond donors (Lipinski definition) is 2. The van der Waals surface area contributed by atoms with Crippen molar-refractivity contribution in [3.63, 3.8) is 0 Å². The predicted octanol–water partition coefficient (Wildman–Crippen LogP) is 4.74. The number of hydrogen-bond acceptors (Lipinski definition) is 5. The van der Waals surface area contributed by atoms with E-state index in [0.29, 0.717) is 16.8 Å². The molecule has 7 nitrogen and oxygen atoms in total. The summed E-state index contributed by atoms with van der Waals surface area (Å²) in [6, 6.07) is 24.7. The Hall–Kier alpha value is -4.78. The molecule has 1 aliphatic rings. The first kappa shape index (κ1) is 19.9. The number of carbonyl (C=O) groups is 2. The van der Waals surface area contributed by atoms with Gasteiger partial charge in [0.25, 0.3) is 5.78 Å². The maximum Gasteiger partial charge on any atom is 0.302 e. The van der Waals surface area contributed by atoms with Crippen molar-refractivity contribution >= 4 is 45.2 Å². The predicted molar refractivity (Wildman–Crippen MR) is 129 cm³/mol. The quantitative estimate of drug-likeness (QED) is 0.237. The van der Waals surface area contributed by atoms with Crippen LogP contribution in [0.3, 0.4) is 0 Å². The van der Waals surface area contributed by atoms with Gasteiger partial charge in [-0.05, 0) is 35.0 Å². The molecule has 2 N–H and O–H groups in total. The second kappa shape index (κ2) is 7.67. The molecule has 3 aromatic carbocycles. The summed E-state index contributed by atoms with van der Waals surface area (Å²) >= 11 is 0. The number of amides is 1. The maximum atomic E-state index is 13.4. The van der Waals surface area contributed by atoms with Crippen LogP contribution < -0.4 is 4.90 Å². The number of pyridine rings is 1. The Labute approximate surface area is 194 Å². The number of Topliss-reactive ketones (excluding diaryl/α,β-unsaturated/α-hetero) is 1. The third-order valence-electron chi connectivity index (χ3n) is 6.06. The van der Waals surface area contributed by atoms with Gasteiger partial charge in [0.05, 0.1) is 22.3 Å². The van der Waals surface area contributed by atoms with E-state index in [1.54, 1.807) is 30.5 Å². The molecular weight excluding hydrogens is 428 g/mol. The van der Waals surface area contributed by atoms with Crippen molar-refractivity contribution in [1.82, 2.24) is 15.0 Å². The molecule has 6 rings (SSSR count). The number of aliphatic hydroxyl groups is 1. The van der Waals surface area contributed by atoms with E-state index in [0.717, 1.165) is 16.3 Å². The summed E-state index contributed by atoms with van der Waals surface area (Å²) in [5.41, 5.74) is 2.28. The second-order valence-corrected chi connectivity index (χ2v) is 8.03. The van der Waals surface area contributed by atoms with Crippen LogP contribution in [0.5, 0.6) is 0 Å². The molecule has 5 aromatic rings. The Morgan fingerprint density at radius 1 is 0.882 bits per heavy atom. The molecule has 1 aliphatic heterocycles. The smallest absolute Gasteiger partial charge is 0.302 e. The maximum absolute atomic E-state index is 13.4. The van der Waals surface area contributed by atoms with Gasteiger partial charge in [-0.2, -0.15) is 0 Å². The molecule has 0 bridgehead atoms. The number of H-pyrrole nitrogens is 1. The molecule has 3 heterocycles. The summed E-state index contributed by atoms with van der Waals surface area (Å²) < 4.78 is 0. The van der Waals surface area contributed by atoms with Gasteiger partial charge in [-0.1, -0.05) is 60.7 Å². The molecule has 0 saturated carbocycles. The number of nitrogens with one attached hydrogen (secondary N) is 1. The molecule has 1 fully saturated rings. The van der Waals surface area contributed by atoms with Gasteiger partial charge in [0.15, 0.2) is 0 Å². The summed E-state index contributed by atoms with van der Waals surface area (Å²) in [6.45, 7) is 0. The Balaban J connectivity index is 1.61. The lowest BCUT2D eigenvalue weighted by atomic mass is 9.95. The number of nitrogens with zero attached hydrogens (tertiary/aromatic N) is 3. The summed E-state index contributed by atoms with van der Waals surface area (Å²) in [7, 11) is 0. The highest BCUT2D eigenvalue weighted by molar-refractivity contribution is 6.51. The van der Waals surface area contributed by atoms with Crippen LogP contribution in [0.15, 0.2) is 96.7 Å². The van der Waals surface area contributed by atoms with E-state index in [4.69, 9.17) is 0 Å². The highest BCUT2D eigenvalue weighted by Gasteiger charge is 2.49. The molecule has 34 heavy (non-hydrogen) atoms. The van der Waals surface area contributed by atoms with E-state index in [-0.39, 0.29) is 17.3 Å². The summed E-state index contributed by atoms with van der Waals surface area (Å²) in [5.74, 6) is -1.60. The zero-order valence-electron chi connectivity index (χ0n) is 17.8. The normalized spacial score (nSPS) is 17.6. The first-order valence-corrected chi connectivity index (χ1v) is 10.8. The van der Waals surface area contributed by atoms with Gasteiger partial charge in [0.2, 0.25) is 5.95 Å². The highest BCUT2D eigenvalue weighted by Crippen LogP contribution is 2.41. The Morgan fingerprint density at radius 2 is 1.65 bits per heavy atom. The highest BCUT2D eigenvalue weighted by atomic mass is 16.3. The topological polar surface area (TPSA) is 99.2 Å². The SMILES string of the molecule is O=C1C(=O)N(c2nc3ccccc3[nH]2)C(c2ccccn2)/C1=C(\O)c1cccc2ccccc12. The van der Waals surface area contributed by atoms with Crippen molar-refractivity contribution in [3.05, 3.63) is 108 Å². The van der Waals surface area contributed by atoms with Crippen LogP contribution in [0.1, 0.15) is 17.3 Å². The molecule has 0 spiro atoms. The van der Waals surface area contributed by atoms with E-state index in [1.807, 2.05) is 60.7 Å². The Morgan fingerprint density at radius 3 is 2.47 bits per heavy atom. The van der Waals surface area contributed by atoms with Crippen LogP contribution >= 0.6 is 0 Å². The molecule has 7 heteroatoms. The van der Waals surface area contributed by atoms with Gasteiger partial charge in [-0.3, -0.25) is 19.5 Å². The molecule has 1 amide bonds. The van der Waals surface area contributed by atoms with E-state index < -0.39 is 17.7 Å². The second-order valence-electron chi connectivity index (χ2n) is 8.03. The lowest BCUT2D eigenvalue weighted by Gasteiger charge is -2.22. The number of imidazole rings is 1. The van der Waals surface area contributed by atoms with Crippen LogP contribution in [0.25, 0.3) is 27.6 Å². The Kier molecular flexibility index (Phi) is 4.48. The third-order valence-corrected chi connectivity index (χ3v) is 6.06. The van der Waals surface area contributed by atoms with Crippen LogP contribution in [0.4, 0.5) is 5.95 Å². The number of anilines is 1. The van der Waals surface area contributed by atoms with Gasteiger partial charge in [0.1, 0.15) is 11.8 Å². The van der Waals surface area contributed by atoms with Crippen LogP contribution in [0, 0.1) is 0 Å². The van der Waals surface area contributed by atoms with Gasteiger partial charge >= 0.3 is 5.91 Å². The summed E-state index contributed by atoms with van der Waals surface area (Å²) in [5, 5.41) is 13.1. The molecule has 0 radical (unpaired) electrons. The number of para-hydroxylation sites is 2. The average Bonchev–Trinajstić information content (AvgIpc) is 3.42. The van der Waals surface area contributed by atoms with Gasteiger partial charge in [0, 0.05) is 11.8 Å². The average molecular weight is 446 g/mol. The number of aromatic nitrogens is 3. The summed E-state index contributed by atoms with van der Waals surface area (Å²) in [6.07, 6.45) is 1.59. The number of carbonyl (C=O) groups excluding carboxylic acids is 2. The van der Waals surface area contributed by atoms with Crippen LogP contribution in [-0.4, -0.2) is 31.7 Å². The minimum atomic E-state index is -0.944. The number of benzene rings is 3. The molecule has 1 unspecified atom stereocenters. The van der Waals surface area contributed by atoms with Gasteiger partial charge in [-0.25, -0.2) is 4.98 Å². The van der Waals surface area contributed by atoms with E-state index in [1.165, 1.54) is 4.90 Å². The van der Waals surface area contributed by atoms with E-state index in [2.05, 4.69) is 15.0 Å². The zero-order chi connectivity index (χ0) is 23.2. The number of fused-ring (bicyclic) bond motifs is 2. The third kappa shape index (κ3) is 2.98. The molecule has 1 saturated heterocycles. The van der Waals surface area contributed by atoms with Crippen molar-refractivity contribution in [2.24, 2.45) is 0 Å². The van der Waals surface area contributed by atoms with E-state index in [9.17, 15) is 14.7 Å². The molecule has 164 valence electrons. The monoisotopic (exact) mass is 446 g/mol. The fraction of sp³-hybridized carbons (Fsp3) is 0.0370. The minimum Gasteiger partial charge on any atom is -0.507 e. The van der Waals surface area contributed by atoms with Crippen molar-refractivity contribution < 1.29 is 14.7 Å². The standard InChI is InChI=1S/C27H18N4O3/c32-24(18-11-7-9-16-8-1-2-10-17(16)18)22-23(21-14-5-6-15-28-21)31(26(34)25(22)33)27-29-19-12-3-4-13-20(19)30-27/h1-15,23,32H,(H,29,30)/b24-22+. The number of aliphatic hydroxyl groups excluding tert-OH is 1. The summed E-state index contributed by atoms with van der Waals surface area (Å²) in [4.78, 5) is 40.0. The van der Waals surface area contributed by atoms with Crippen molar-refractivity contribution in [2.75, 3.05) is 4.90 Å². The Bertz CT molecular complexity index is 1580. The van der Waals surface area contributed by atoms with Crippen molar-refractivity contribution in [2.45, 2.75) is 6.04 Å². The first-order chi connectivity index (χ1) is 16.6. The number of ketones is 1. The van der Waals surface area contributed by atoms with Gasteiger partial charge < -0.3 is 10.1 Å². The van der Waals surface area contributed by atoms with Crippen LogP contribution in [-0.2, 0) is 9.59 Å². The fourth-order valence-electron chi connectivity index (χ4n) is 4.50. The molecule has 2 aromatic heterocycles.